The molecule has 0 spiro atoms. The Balaban J connectivity index is 3.39. The van der Waals surface area contributed by atoms with Crippen LogP contribution in [-0.2, 0) is 4.52 Å². The zero-order chi connectivity index (χ0) is 6.78. The number of alkyl halides is 2. The molecule has 0 heterocycles. The van der Waals surface area contributed by atoms with Crippen LogP contribution in [-0.4, -0.2) is 14.3 Å². The minimum atomic E-state index is -2.45. The van der Waals surface area contributed by atoms with Crippen LogP contribution in [0.3, 0.4) is 0 Å². The maximum atomic E-state index is 8.12. The van der Waals surface area contributed by atoms with E-state index < -0.39 is 13.1 Å². The summed E-state index contributed by atoms with van der Waals surface area (Å²) in [6.45, 7) is 1.29. The first-order valence-corrected chi connectivity index (χ1v) is 3.59. The van der Waals surface area contributed by atoms with Crippen molar-refractivity contribution in [2.24, 2.45) is 0 Å². The molecule has 0 aromatic rings. The predicted octanol–water partition coefficient (Wildman–Crippen LogP) is 1.37. The van der Waals surface area contributed by atoms with Gasteiger partial charge in [-0.3, -0.25) is 4.52 Å². The summed E-state index contributed by atoms with van der Waals surface area (Å²) in [5, 5.41) is 0. The molecule has 0 atom stereocenters. The molecule has 0 aliphatic carbocycles. The summed E-state index contributed by atoms with van der Waals surface area (Å²) < 4.78 is 2.64. The van der Waals surface area contributed by atoms with Crippen molar-refractivity contribution in [3.8, 4) is 0 Å². The molecule has 0 bridgehead atoms. The lowest BCUT2D eigenvalue weighted by molar-refractivity contribution is 0.215. The summed E-state index contributed by atoms with van der Waals surface area (Å²) in [6.07, 6.45) is 0. The van der Waals surface area contributed by atoms with Gasteiger partial charge in [-0.1, -0.05) is 23.2 Å². The molecule has 0 rings (SSSR count). The molecule has 0 fully saturated rings. The highest BCUT2D eigenvalue weighted by molar-refractivity contribution is 7.39. The van der Waals surface area contributed by atoms with E-state index in [9.17, 15) is 0 Å². The Morgan fingerprint density at radius 1 is 1.50 bits per heavy atom. The van der Waals surface area contributed by atoms with Crippen LogP contribution in [0.5, 0.6) is 0 Å². The Labute approximate surface area is 58.2 Å². The van der Waals surface area contributed by atoms with Crippen molar-refractivity contribution in [1.82, 2.24) is 0 Å². The highest BCUT2D eigenvalue weighted by Gasteiger charge is 2.20. The third-order valence-corrected chi connectivity index (χ3v) is 1.14. The fourth-order valence-corrected chi connectivity index (χ4v) is 0.800. The number of hydrogen-bond acceptors (Lipinski definition) is 3. The van der Waals surface area contributed by atoms with Gasteiger partial charge in [0, 0.05) is 0 Å². The van der Waals surface area contributed by atoms with Crippen LogP contribution >= 0.6 is 31.8 Å². The van der Waals surface area contributed by atoms with E-state index in [1.807, 2.05) is 0 Å². The van der Waals surface area contributed by atoms with E-state index in [0.29, 0.717) is 0 Å². The molecule has 0 aliphatic heterocycles. The summed E-state index contributed by atoms with van der Waals surface area (Å²) in [4.78, 5) is 16.2. The van der Waals surface area contributed by atoms with Gasteiger partial charge in [-0.05, 0) is 6.92 Å². The lowest BCUT2D eigenvalue weighted by Gasteiger charge is -2.12. The average Bonchev–Trinajstić information content (AvgIpc) is 1.21. The van der Waals surface area contributed by atoms with Crippen molar-refractivity contribution in [1.29, 1.82) is 0 Å². The van der Waals surface area contributed by atoms with Crippen LogP contribution in [0.1, 0.15) is 6.92 Å². The smallest absolute Gasteiger partial charge is 0.328 e. The fraction of sp³-hybridized carbons (Fsp3) is 1.00. The van der Waals surface area contributed by atoms with Crippen LogP contribution in [0.4, 0.5) is 0 Å². The van der Waals surface area contributed by atoms with Crippen LogP contribution < -0.4 is 0 Å². The van der Waals surface area contributed by atoms with E-state index in [4.69, 9.17) is 33.0 Å². The molecule has 0 saturated carbocycles. The van der Waals surface area contributed by atoms with E-state index in [1.165, 1.54) is 6.92 Å². The van der Waals surface area contributed by atoms with Gasteiger partial charge in [0.25, 0.3) is 0 Å². The molecule has 0 radical (unpaired) electrons. The normalized spacial score (nSPS) is 12.8. The van der Waals surface area contributed by atoms with Gasteiger partial charge < -0.3 is 9.79 Å². The SMILES string of the molecule is CC(Cl)(Cl)OP(O)O. The second kappa shape index (κ2) is 3.16. The zero-order valence-electron chi connectivity index (χ0n) is 4.01. The molecule has 3 nitrogen and oxygen atoms in total. The Hall–Kier alpha value is 0.890. The van der Waals surface area contributed by atoms with E-state index >= 15 is 0 Å². The first-order chi connectivity index (χ1) is 3.42. The van der Waals surface area contributed by atoms with E-state index in [-0.39, 0.29) is 0 Å². The van der Waals surface area contributed by atoms with Gasteiger partial charge in [0.2, 0.25) is 4.52 Å². The summed E-state index contributed by atoms with van der Waals surface area (Å²) in [7, 11) is -2.45. The molecule has 0 aliphatic rings. The topological polar surface area (TPSA) is 49.7 Å². The van der Waals surface area contributed by atoms with Crippen molar-refractivity contribution in [3.63, 3.8) is 0 Å². The van der Waals surface area contributed by atoms with Gasteiger partial charge in [0.1, 0.15) is 0 Å². The molecule has 0 unspecified atom stereocenters. The Bertz CT molecular complexity index is 70.2. The molecule has 0 aromatic carbocycles. The second-order valence-corrected chi connectivity index (χ2v) is 3.48. The first-order valence-electron chi connectivity index (χ1n) is 1.66. The summed E-state index contributed by atoms with van der Waals surface area (Å²) in [5.41, 5.74) is 0. The molecular formula is C2H5Cl2O3P. The van der Waals surface area contributed by atoms with Crippen molar-refractivity contribution < 1.29 is 14.3 Å². The third kappa shape index (κ3) is 6.89. The van der Waals surface area contributed by atoms with Gasteiger partial charge in [0.15, 0.2) is 0 Å². The molecule has 8 heavy (non-hydrogen) atoms. The third-order valence-electron chi connectivity index (χ3n) is 0.242. The van der Waals surface area contributed by atoms with Crippen molar-refractivity contribution >= 4 is 31.8 Å². The molecule has 0 saturated heterocycles. The molecule has 0 amide bonds. The first kappa shape index (κ1) is 8.89. The van der Waals surface area contributed by atoms with E-state index in [0.717, 1.165) is 0 Å². The van der Waals surface area contributed by atoms with Crippen LogP contribution in [0, 0.1) is 0 Å². The highest BCUT2D eigenvalue weighted by Crippen LogP contribution is 2.37. The minimum Gasteiger partial charge on any atom is -0.328 e. The largest absolute Gasteiger partial charge is 0.329 e. The van der Waals surface area contributed by atoms with Crippen molar-refractivity contribution in [2.75, 3.05) is 0 Å². The lowest BCUT2D eigenvalue weighted by atomic mass is 10.9. The number of rotatable bonds is 2. The zero-order valence-corrected chi connectivity index (χ0v) is 6.41. The maximum Gasteiger partial charge on any atom is 0.329 e. The van der Waals surface area contributed by atoms with E-state index in [1.54, 1.807) is 0 Å². The standard InChI is InChI=1S/C2H5Cl2O3P/c1-2(3,4)7-8(5)6/h5-6H,1H3. The van der Waals surface area contributed by atoms with E-state index in [2.05, 4.69) is 4.52 Å². The van der Waals surface area contributed by atoms with Crippen LogP contribution in [0.2, 0.25) is 0 Å². The highest BCUT2D eigenvalue weighted by atomic mass is 35.5. The summed E-state index contributed by atoms with van der Waals surface area (Å²) >= 11 is 10.3. The Kier molecular flexibility index (Phi) is 3.51. The van der Waals surface area contributed by atoms with Gasteiger partial charge in [0.05, 0.1) is 0 Å². The predicted molar refractivity (Wildman–Crippen MR) is 32.6 cm³/mol. The monoisotopic (exact) mass is 178 g/mol. The van der Waals surface area contributed by atoms with Gasteiger partial charge >= 0.3 is 8.60 Å². The molecule has 0 aromatic heterocycles. The van der Waals surface area contributed by atoms with Crippen LogP contribution in [0.15, 0.2) is 0 Å². The molecular weight excluding hydrogens is 174 g/mol. The minimum absolute atomic E-state index is 1.29. The Morgan fingerprint density at radius 2 is 1.88 bits per heavy atom. The van der Waals surface area contributed by atoms with Crippen molar-refractivity contribution in [3.05, 3.63) is 0 Å². The quantitative estimate of drug-likeness (QED) is 0.497. The number of halogens is 2. The van der Waals surface area contributed by atoms with Crippen LogP contribution in [0.25, 0.3) is 0 Å². The van der Waals surface area contributed by atoms with Gasteiger partial charge in [-0.15, -0.1) is 0 Å². The van der Waals surface area contributed by atoms with Gasteiger partial charge in [-0.25, -0.2) is 0 Å². The fourth-order valence-electron chi connectivity index (χ4n) is 0.143. The second-order valence-electron chi connectivity index (χ2n) is 1.15. The molecule has 6 heteroatoms. The van der Waals surface area contributed by atoms with Crippen molar-refractivity contribution in [2.45, 2.75) is 11.4 Å². The molecule has 2 N–H and O–H groups in total. The Morgan fingerprint density at radius 3 is 1.88 bits per heavy atom. The lowest BCUT2D eigenvalue weighted by Crippen LogP contribution is -2.07. The molecule has 50 valence electrons. The average molecular weight is 179 g/mol. The van der Waals surface area contributed by atoms with Gasteiger partial charge in [-0.2, -0.15) is 0 Å². The summed E-state index contributed by atoms with van der Waals surface area (Å²) in [6, 6.07) is 0. The summed E-state index contributed by atoms with van der Waals surface area (Å²) in [5.74, 6) is 0. The number of hydrogen-bond donors (Lipinski definition) is 2. The maximum absolute atomic E-state index is 8.12.